The highest BCUT2D eigenvalue weighted by molar-refractivity contribution is 5.78. The minimum Gasteiger partial charge on any atom is -0.481 e. The number of aromatic nitrogens is 1. The van der Waals surface area contributed by atoms with Gasteiger partial charge in [-0.3, -0.25) is 4.79 Å². The molecule has 3 aromatic rings. The lowest BCUT2D eigenvalue weighted by Crippen LogP contribution is -2.00. The summed E-state index contributed by atoms with van der Waals surface area (Å²) in [7, 11) is 0. The van der Waals surface area contributed by atoms with Gasteiger partial charge in [0.25, 0.3) is 0 Å². The van der Waals surface area contributed by atoms with E-state index in [0.29, 0.717) is 17.2 Å². The largest absolute Gasteiger partial charge is 0.481 e. The van der Waals surface area contributed by atoms with Crippen molar-refractivity contribution in [3.63, 3.8) is 0 Å². The molecular formula is C17H13NO3. The van der Waals surface area contributed by atoms with Crippen molar-refractivity contribution in [1.29, 1.82) is 0 Å². The van der Waals surface area contributed by atoms with Crippen LogP contribution in [0.5, 0.6) is 11.6 Å². The molecule has 2 aromatic carbocycles. The van der Waals surface area contributed by atoms with Crippen LogP contribution in [-0.4, -0.2) is 16.1 Å². The van der Waals surface area contributed by atoms with Crippen molar-refractivity contribution in [3.8, 4) is 11.6 Å². The third-order valence-electron chi connectivity index (χ3n) is 3.05. The first kappa shape index (κ1) is 13.1. The second kappa shape index (κ2) is 5.63. The fourth-order valence-electron chi connectivity index (χ4n) is 2.12. The van der Waals surface area contributed by atoms with E-state index < -0.39 is 5.97 Å². The number of para-hydroxylation sites is 1. The topological polar surface area (TPSA) is 59.4 Å². The van der Waals surface area contributed by atoms with E-state index >= 15 is 0 Å². The molecule has 0 bridgehead atoms. The second-order valence-electron chi connectivity index (χ2n) is 4.66. The van der Waals surface area contributed by atoms with Crippen LogP contribution >= 0.6 is 0 Å². The SMILES string of the molecule is O=C(O)Cc1cccc(Oc2ccc3ccccc3n2)c1. The predicted octanol–water partition coefficient (Wildman–Crippen LogP) is 3.65. The standard InChI is InChI=1S/C17H13NO3/c19-17(20)11-12-4-3-6-14(10-12)21-16-9-8-13-5-1-2-7-15(13)18-16/h1-10H,11H2,(H,19,20). The molecule has 0 saturated carbocycles. The monoisotopic (exact) mass is 279 g/mol. The Morgan fingerprint density at radius 1 is 1.05 bits per heavy atom. The van der Waals surface area contributed by atoms with Crippen molar-refractivity contribution in [3.05, 3.63) is 66.2 Å². The molecule has 0 fully saturated rings. The Bertz CT molecular complexity index is 799. The lowest BCUT2D eigenvalue weighted by atomic mass is 10.1. The second-order valence-corrected chi connectivity index (χ2v) is 4.66. The van der Waals surface area contributed by atoms with Gasteiger partial charge in [0.2, 0.25) is 5.88 Å². The quantitative estimate of drug-likeness (QED) is 0.791. The molecule has 0 spiro atoms. The van der Waals surface area contributed by atoms with E-state index in [-0.39, 0.29) is 6.42 Å². The summed E-state index contributed by atoms with van der Waals surface area (Å²) in [5.74, 6) is 0.202. The number of carboxylic acid groups (broad SMARTS) is 1. The van der Waals surface area contributed by atoms with E-state index in [1.807, 2.05) is 30.3 Å². The van der Waals surface area contributed by atoms with Crippen molar-refractivity contribution < 1.29 is 14.6 Å². The maximum Gasteiger partial charge on any atom is 0.307 e. The third-order valence-corrected chi connectivity index (χ3v) is 3.05. The normalized spacial score (nSPS) is 10.5. The molecule has 0 aliphatic heterocycles. The Kier molecular flexibility index (Phi) is 3.51. The lowest BCUT2D eigenvalue weighted by molar-refractivity contribution is -0.136. The molecule has 0 aliphatic carbocycles. The van der Waals surface area contributed by atoms with Crippen LogP contribution in [0.4, 0.5) is 0 Å². The van der Waals surface area contributed by atoms with Crippen LogP contribution < -0.4 is 4.74 Å². The van der Waals surface area contributed by atoms with Gasteiger partial charge in [0.15, 0.2) is 0 Å². The molecule has 4 heteroatoms. The summed E-state index contributed by atoms with van der Waals surface area (Å²) in [6.45, 7) is 0. The number of carbonyl (C=O) groups is 1. The molecule has 0 aliphatic rings. The van der Waals surface area contributed by atoms with E-state index in [9.17, 15) is 4.79 Å². The van der Waals surface area contributed by atoms with Crippen LogP contribution in [0.2, 0.25) is 0 Å². The average Bonchev–Trinajstić information content (AvgIpc) is 2.47. The number of benzene rings is 2. The van der Waals surface area contributed by atoms with E-state index in [0.717, 1.165) is 10.9 Å². The van der Waals surface area contributed by atoms with Crippen molar-refractivity contribution >= 4 is 16.9 Å². The van der Waals surface area contributed by atoms with Crippen LogP contribution in [0, 0.1) is 0 Å². The first-order valence-corrected chi connectivity index (χ1v) is 6.55. The molecular weight excluding hydrogens is 266 g/mol. The zero-order valence-electron chi connectivity index (χ0n) is 11.2. The maximum atomic E-state index is 10.7. The molecule has 21 heavy (non-hydrogen) atoms. The number of pyridine rings is 1. The summed E-state index contributed by atoms with van der Waals surface area (Å²) in [5, 5.41) is 9.86. The van der Waals surface area contributed by atoms with E-state index in [2.05, 4.69) is 4.98 Å². The fourth-order valence-corrected chi connectivity index (χ4v) is 2.12. The van der Waals surface area contributed by atoms with Gasteiger partial charge in [0.1, 0.15) is 5.75 Å². The lowest BCUT2D eigenvalue weighted by Gasteiger charge is -2.07. The number of carboxylic acids is 1. The molecule has 0 radical (unpaired) electrons. The van der Waals surface area contributed by atoms with Gasteiger partial charge in [-0.2, -0.15) is 0 Å². The Morgan fingerprint density at radius 3 is 2.76 bits per heavy atom. The number of hydrogen-bond acceptors (Lipinski definition) is 3. The average molecular weight is 279 g/mol. The zero-order valence-corrected chi connectivity index (χ0v) is 11.2. The number of fused-ring (bicyclic) bond motifs is 1. The number of hydrogen-bond donors (Lipinski definition) is 1. The van der Waals surface area contributed by atoms with Gasteiger partial charge in [-0.05, 0) is 29.8 Å². The number of ether oxygens (including phenoxy) is 1. The minimum absolute atomic E-state index is 0.0254. The fraction of sp³-hybridized carbons (Fsp3) is 0.0588. The van der Waals surface area contributed by atoms with Crippen LogP contribution in [0.25, 0.3) is 10.9 Å². The molecule has 1 aromatic heterocycles. The highest BCUT2D eigenvalue weighted by Gasteiger charge is 2.04. The summed E-state index contributed by atoms with van der Waals surface area (Å²) in [4.78, 5) is 15.2. The van der Waals surface area contributed by atoms with Crippen molar-refractivity contribution in [2.45, 2.75) is 6.42 Å². The highest BCUT2D eigenvalue weighted by Crippen LogP contribution is 2.23. The smallest absolute Gasteiger partial charge is 0.307 e. The summed E-state index contributed by atoms with van der Waals surface area (Å²) in [6, 6.07) is 18.6. The van der Waals surface area contributed by atoms with E-state index in [4.69, 9.17) is 9.84 Å². The van der Waals surface area contributed by atoms with Gasteiger partial charge in [-0.1, -0.05) is 30.3 Å². The first-order chi connectivity index (χ1) is 10.2. The number of aliphatic carboxylic acids is 1. The molecule has 1 N–H and O–H groups in total. The Balaban J connectivity index is 1.86. The van der Waals surface area contributed by atoms with Gasteiger partial charge < -0.3 is 9.84 Å². The Labute approximate surface area is 121 Å². The molecule has 0 saturated heterocycles. The summed E-state index contributed by atoms with van der Waals surface area (Å²) >= 11 is 0. The van der Waals surface area contributed by atoms with Gasteiger partial charge in [0, 0.05) is 11.5 Å². The number of rotatable bonds is 4. The van der Waals surface area contributed by atoms with Crippen molar-refractivity contribution in [2.24, 2.45) is 0 Å². The first-order valence-electron chi connectivity index (χ1n) is 6.55. The zero-order chi connectivity index (χ0) is 14.7. The summed E-state index contributed by atoms with van der Waals surface area (Å²) < 4.78 is 5.70. The minimum atomic E-state index is -0.865. The molecule has 0 unspecified atom stereocenters. The van der Waals surface area contributed by atoms with E-state index in [1.54, 1.807) is 30.3 Å². The Morgan fingerprint density at radius 2 is 1.90 bits per heavy atom. The van der Waals surface area contributed by atoms with E-state index in [1.165, 1.54) is 0 Å². The number of nitrogens with zero attached hydrogens (tertiary/aromatic N) is 1. The van der Waals surface area contributed by atoms with Crippen LogP contribution in [0.1, 0.15) is 5.56 Å². The predicted molar refractivity (Wildman–Crippen MR) is 79.6 cm³/mol. The van der Waals surface area contributed by atoms with Crippen LogP contribution in [0.15, 0.2) is 60.7 Å². The molecule has 4 nitrogen and oxygen atoms in total. The highest BCUT2D eigenvalue weighted by atomic mass is 16.5. The maximum absolute atomic E-state index is 10.7. The van der Waals surface area contributed by atoms with Gasteiger partial charge in [-0.25, -0.2) is 4.98 Å². The third kappa shape index (κ3) is 3.17. The van der Waals surface area contributed by atoms with Crippen molar-refractivity contribution in [2.75, 3.05) is 0 Å². The summed E-state index contributed by atoms with van der Waals surface area (Å²) in [6.07, 6.45) is -0.0254. The van der Waals surface area contributed by atoms with Gasteiger partial charge in [-0.15, -0.1) is 0 Å². The molecule has 3 rings (SSSR count). The molecule has 1 heterocycles. The Hall–Kier alpha value is -2.88. The summed E-state index contributed by atoms with van der Waals surface area (Å²) in [5.41, 5.74) is 1.55. The van der Waals surface area contributed by atoms with Gasteiger partial charge >= 0.3 is 5.97 Å². The van der Waals surface area contributed by atoms with Crippen molar-refractivity contribution in [1.82, 2.24) is 4.98 Å². The molecule has 104 valence electrons. The molecule has 0 amide bonds. The molecule has 0 atom stereocenters. The van der Waals surface area contributed by atoms with Crippen LogP contribution in [-0.2, 0) is 11.2 Å². The van der Waals surface area contributed by atoms with Gasteiger partial charge in [0.05, 0.1) is 11.9 Å². The van der Waals surface area contributed by atoms with Crippen LogP contribution in [0.3, 0.4) is 0 Å².